The Kier molecular flexibility index (Phi) is 5.05. The van der Waals surface area contributed by atoms with Gasteiger partial charge in [-0.25, -0.2) is 9.48 Å². The first-order valence-corrected chi connectivity index (χ1v) is 8.76. The number of nitrogens with one attached hydrogen (secondary N) is 2. The van der Waals surface area contributed by atoms with E-state index in [1.54, 1.807) is 4.90 Å². The number of hydrogen-bond acceptors (Lipinski definition) is 6. The third-order valence-corrected chi connectivity index (χ3v) is 4.44. The second kappa shape index (κ2) is 7.06. The number of piperazine rings is 1. The lowest BCUT2D eigenvalue weighted by Crippen LogP contribution is -2.50. The minimum atomic E-state index is -0.476. The van der Waals surface area contributed by atoms with Crippen LogP contribution in [0, 0.1) is 0 Å². The Labute approximate surface area is 142 Å². The Morgan fingerprint density at radius 3 is 2.75 bits per heavy atom. The fraction of sp³-hybridized carbons (Fsp3) is 0.812. The van der Waals surface area contributed by atoms with Crippen molar-refractivity contribution in [3.05, 3.63) is 11.9 Å². The molecule has 134 valence electrons. The standard InChI is InChI=1S/C16H28N6O2/c1-16(2,3)24-15(23)21-9-8-18-13(11-21)14-10-19-20-22(14)12-4-6-17-7-5-12/h10,12-13,17-18H,4-9,11H2,1-3H3. The van der Waals surface area contributed by atoms with Gasteiger partial charge in [-0.2, -0.15) is 0 Å². The highest BCUT2D eigenvalue weighted by molar-refractivity contribution is 5.68. The molecule has 1 aromatic heterocycles. The molecule has 2 aliphatic heterocycles. The molecule has 3 heterocycles. The second-order valence-electron chi connectivity index (χ2n) is 7.52. The number of ether oxygens (including phenoxy) is 1. The van der Waals surface area contributed by atoms with Crippen molar-refractivity contribution in [2.75, 3.05) is 32.7 Å². The minimum Gasteiger partial charge on any atom is -0.444 e. The Balaban J connectivity index is 1.69. The quantitative estimate of drug-likeness (QED) is 0.841. The number of aromatic nitrogens is 3. The van der Waals surface area contributed by atoms with Gasteiger partial charge < -0.3 is 20.3 Å². The molecule has 24 heavy (non-hydrogen) atoms. The van der Waals surface area contributed by atoms with Crippen LogP contribution in [0.15, 0.2) is 6.20 Å². The van der Waals surface area contributed by atoms with E-state index in [9.17, 15) is 4.79 Å². The van der Waals surface area contributed by atoms with Gasteiger partial charge in [0.05, 0.1) is 24.0 Å². The van der Waals surface area contributed by atoms with E-state index < -0.39 is 5.60 Å². The van der Waals surface area contributed by atoms with Crippen molar-refractivity contribution in [2.45, 2.75) is 51.3 Å². The Hall–Kier alpha value is -1.67. The Morgan fingerprint density at radius 1 is 1.29 bits per heavy atom. The number of hydrogen-bond donors (Lipinski definition) is 2. The van der Waals surface area contributed by atoms with E-state index in [0.29, 0.717) is 19.1 Å². The van der Waals surface area contributed by atoms with Crippen LogP contribution in [-0.2, 0) is 4.74 Å². The van der Waals surface area contributed by atoms with E-state index in [-0.39, 0.29) is 12.1 Å². The zero-order valence-corrected chi connectivity index (χ0v) is 14.8. The summed E-state index contributed by atoms with van der Waals surface area (Å²) >= 11 is 0. The maximum atomic E-state index is 12.3. The van der Waals surface area contributed by atoms with E-state index in [2.05, 4.69) is 20.9 Å². The van der Waals surface area contributed by atoms with Crippen molar-refractivity contribution >= 4 is 6.09 Å². The second-order valence-corrected chi connectivity index (χ2v) is 7.52. The van der Waals surface area contributed by atoms with Crippen LogP contribution >= 0.6 is 0 Å². The molecule has 0 aliphatic carbocycles. The molecule has 2 N–H and O–H groups in total. The third-order valence-electron chi connectivity index (χ3n) is 4.44. The predicted octanol–water partition coefficient (Wildman–Crippen LogP) is 1.08. The molecule has 1 amide bonds. The highest BCUT2D eigenvalue weighted by Crippen LogP contribution is 2.24. The van der Waals surface area contributed by atoms with Gasteiger partial charge in [0.15, 0.2) is 0 Å². The molecule has 0 saturated carbocycles. The van der Waals surface area contributed by atoms with Crippen LogP contribution < -0.4 is 10.6 Å². The van der Waals surface area contributed by atoms with Crippen LogP contribution in [0.1, 0.15) is 51.4 Å². The molecule has 2 fully saturated rings. The fourth-order valence-electron chi connectivity index (χ4n) is 3.28. The van der Waals surface area contributed by atoms with Crippen LogP contribution in [0.3, 0.4) is 0 Å². The first-order valence-electron chi connectivity index (χ1n) is 8.76. The first-order chi connectivity index (χ1) is 11.4. The van der Waals surface area contributed by atoms with Crippen molar-refractivity contribution in [3.8, 4) is 0 Å². The molecule has 1 atom stereocenters. The van der Waals surface area contributed by atoms with Gasteiger partial charge in [0, 0.05) is 19.6 Å². The average Bonchev–Trinajstić information content (AvgIpc) is 3.04. The zero-order valence-electron chi connectivity index (χ0n) is 14.8. The van der Waals surface area contributed by atoms with Gasteiger partial charge in [-0.1, -0.05) is 5.21 Å². The molecule has 2 aliphatic rings. The number of carbonyl (C=O) groups is 1. The van der Waals surface area contributed by atoms with E-state index in [4.69, 9.17) is 4.74 Å². The van der Waals surface area contributed by atoms with Crippen LogP contribution in [0.25, 0.3) is 0 Å². The molecule has 8 heteroatoms. The summed E-state index contributed by atoms with van der Waals surface area (Å²) in [5.41, 5.74) is 0.575. The molecule has 0 aromatic carbocycles. The maximum Gasteiger partial charge on any atom is 0.410 e. The van der Waals surface area contributed by atoms with E-state index in [0.717, 1.165) is 38.2 Å². The Bertz CT molecular complexity index is 561. The molecule has 2 saturated heterocycles. The first kappa shape index (κ1) is 17.2. The molecule has 8 nitrogen and oxygen atoms in total. The van der Waals surface area contributed by atoms with Gasteiger partial charge in [-0.15, -0.1) is 5.10 Å². The summed E-state index contributed by atoms with van der Waals surface area (Å²) in [4.78, 5) is 14.1. The van der Waals surface area contributed by atoms with Gasteiger partial charge in [-0.3, -0.25) is 0 Å². The van der Waals surface area contributed by atoms with E-state index in [1.165, 1.54) is 0 Å². The summed E-state index contributed by atoms with van der Waals surface area (Å²) in [5.74, 6) is 0. The van der Waals surface area contributed by atoms with Crippen molar-refractivity contribution in [3.63, 3.8) is 0 Å². The SMILES string of the molecule is CC(C)(C)OC(=O)N1CCNC(c2cnnn2C2CCNCC2)C1. The molecule has 1 aromatic rings. The predicted molar refractivity (Wildman–Crippen MR) is 89.7 cm³/mol. The van der Waals surface area contributed by atoms with Crippen molar-refractivity contribution in [1.82, 2.24) is 30.5 Å². The molecule has 0 bridgehead atoms. The largest absolute Gasteiger partial charge is 0.444 e. The molecular formula is C16H28N6O2. The lowest BCUT2D eigenvalue weighted by molar-refractivity contribution is 0.0191. The number of piperidine rings is 1. The van der Waals surface area contributed by atoms with Gasteiger partial charge in [0.25, 0.3) is 0 Å². The number of amides is 1. The molecule has 0 radical (unpaired) electrons. The topological polar surface area (TPSA) is 84.3 Å². The highest BCUT2D eigenvalue weighted by atomic mass is 16.6. The number of nitrogens with zero attached hydrogens (tertiary/aromatic N) is 4. The number of carbonyl (C=O) groups excluding carboxylic acids is 1. The van der Waals surface area contributed by atoms with Gasteiger partial charge in [0.2, 0.25) is 0 Å². The smallest absolute Gasteiger partial charge is 0.410 e. The van der Waals surface area contributed by atoms with Crippen molar-refractivity contribution in [1.29, 1.82) is 0 Å². The fourth-order valence-corrected chi connectivity index (χ4v) is 3.28. The van der Waals surface area contributed by atoms with Crippen LogP contribution in [0.5, 0.6) is 0 Å². The third kappa shape index (κ3) is 4.05. The summed E-state index contributed by atoms with van der Waals surface area (Å²) in [5, 5.41) is 15.3. The van der Waals surface area contributed by atoms with Crippen LogP contribution in [-0.4, -0.2) is 64.3 Å². The van der Waals surface area contributed by atoms with Gasteiger partial charge in [0.1, 0.15) is 5.60 Å². The lowest BCUT2D eigenvalue weighted by Gasteiger charge is -2.35. The van der Waals surface area contributed by atoms with Crippen LogP contribution in [0.4, 0.5) is 4.79 Å². The normalized spacial score (nSPS) is 23.3. The molecule has 1 unspecified atom stereocenters. The van der Waals surface area contributed by atoms with E-state index >= 15 is 0 Å². The summed E-state index contributed by atoms with van der Waals surface area (Å²) in [6.07, 6.45) is 3.67. The summed E-state index contributed by atoms with van der Waals surface area (Å²) in [6, 6.07) is 0.415. The Morgan fingerprint density at radius 2 is 2.04 bits per heavy atom. The van der Waals surface area contributed by atoms with Crippen molar-refractivity contribution < 1.29 is 9.53 Å². The summed E-state index contributed by atoms with van der Waals surface area (Å²) in [6.45, 7) is 9.65. The average molecular weight is 336 g/mol. The number of rotatable bonds is 2. The summed E-state index contributed by atoms with van der Waals surface area (Å²) < 4.78 is 7.54. The molecular weight excluding hydrogens is 308 g/mol. The minimum absolute atomic E-state index is 0.0381. The lowest BCUT2D eigenvalue weighted by atomic mass is 10.1. The monoisotopic (exact) mass is 336 g/mol. The van der Waals surface area contributed by atoms with Gasteiger partial charge in [-0.05, 0) is 46.7 Å². The summed E-state index contributed by atoms with van der Waals surface area (Å²) in [7, 11) is 0. The maximum absolute atomic E-state index is 12.3. The van der Waals surface area contributed by atoms with Crippen LogP contribution in [0.2, 0.25) is 0 Å². The van der Waals surface area contributed by atoms with Crippen molar-refractivity contribution in [2.24, 2.45) is 0 Å². The highest BCUT2D eigenvalue weighted by Gasteiger charge is 2.31. The zero-order chi connectivity index (χ0) is 17.2. The molecule has 0 spiro atoms. The van der Waals surface area contributed by atoms with E-state index in [1.807, 2.05) is 31.6 Å². The molecule has 3 rings (SSSR count). The van der Waals surface area contributed by atoms with Gasteiger partial charge >= 0.3 is 6.09 Å².